The Balaban J connectivity index is 2.17. The third-order valence-corrected chi connectivity index (χ3v) is 4.60. The first-order chi connectivity index (χ1) is 14.2. The van der Waals surface area contributed by atoms with Crippen LogP contribution in [0.15, 0.2) is 53.7 Å². The Labute approximate surface area is 170 Å². The van der Waals surface area contributed by atoms with Crippen molar-refractivity contribution in [3.63, 3.8) is 0 Å². The lowest BCUT2D eigenvalue weighted by Crippen LogP contribution is -2.48. The van der Waals surface area contributed by atoms with Crippen LogP contribution < -0.4 is 10.2 Å². The fourth-order valence-electron chi connectivity index (χ4n) is 3.27. The lowest BCUT2D eigenvalue weighted by molar-refractivity contribution is -0.139. The van der Waals surface area contributed by atoms with Crippen molar-refractivity contribution in [2.45, 2.75) is 19.9 Å². The molecule has 2 aromatic rings. The number of esters is 1. The van der Waals surface area contributed by atoms with Crippen LogP contribution in [0.5, 0.6) is 0 Å². The second kappa shape index (κ2) is 8.32. The van der Waals surface area contributed by atoms with Gasteiger partial charge in [0.05, 0.1) is 29.5 Å². The lowest BCUT2D eigenvalue weighted by atomic mass is 9.94. The van der Waals surface area contributed by atoms with E-state index >= 15 is 0 Å². The molecule has 0 unspecified atom stereocenters. The van der Waals surface area contributed by atoms with E-state index in [0.29, 0.717) is 6.07 Å². The summed E-state index contributed by atoms with van der Waals surface area (Å²) in [5, 5.41) is 11.7. The molecule has 0 spiro atoms. The van der Waals surface area contributed by atoms with Gasteiger partial charge in [0.1, 0.15) is 11.6 Å². The number of carboxylic acids is 1. The predicted molar refractivity (Wildman–Crippen MR) is 103 cm³/mol. The van der Waals surface area contributed by atoms with Crippen molar-refractivity contribution in [2.75, 3.05) is 11.5 Å². The van der Waals surface area contributed by atoms with Crippen molar-refractivity contribution in [3.05, 3.63) is 76.5 Å². The fourth-order valence-corrected chi connectivity index (χ4v) is 3.27. The van der Waals surface area contributed by atoms with E-state index in [1.165, 1.54) is 31.2 Å². The largest absolute Gasteiger partial charge is 0.478 e. The number of halogens is 2. The monoisotopic (exact) mass is 416 g/mol. The van der Waals surface area contributed by atoms with Gasteiger partial charge in [-0.1, -0.05) is 12.1 Å². The minimum Gasteiger partial charge on any atom is -0.478 e. The summed E-state index contributed by atoms with van der Waals surface area (Å²) in [7, 11) is 0. The quantitative estimate of drug-likeness (QED) is 0.724. The number of nitrogens with zero attached hydrogens (tertiary/aromatic N) is 1. The topological polar surface area (TPSA) is 95.9 Å². The number of anilines is 1. The Morgan fingerprint density at radius 1 is 1.20 bits per heavy atom. The zero-order valence-electron chi connectivity index (χ0n) is 16.1. The third-order valence-electron chi connectivity index (χ3n) is 4.60. The minimum absolute atomic E-state index is 0.0384. The zero-order valence-corrected chi connectivity index (χ0v) is 16.1. The number of carbonyl (C=O) groups excluding carboxylic acids is 2. The Morgan fingerprint density at radius 2 is 1.93 bits per heavy atom. The number of aromatic carboxylic acids is 1. The molecule has 2 aromatic carbocycles. The van der Waals surface area contributed by atoms with E-state index in [1.807, 2.05) is 0 Å². The number of benzene rings is 2. The number of amides is 2. The molecule has 0 fully saturated rings. The summed E-state index contributed by atoms with van der Waals surface area (Å²) in [6.45, 7) is 3.10. The number of urea groups is 1. The molecular formula is C21H18F2N2O5. The predicted octanol–water partition coefficient (Wildman–Crippen LogP) is 3.77. The zero-order chi connectivity index (χ0) is 22.0. The van der Waals surface area contributed by atoms with Gasteiger partial charge < -0.3 is 15.2 Å². The van der Waals surface area contributed by atoms with E-state index in [4.69, 9.17) is 4.74 Å². The van der Waals surface area contributed by atoms with E-state index in [1.54, 1.807) is 6.92 Å². The molecule has 1 aliphatic rings. The van der Waals surface area contributed by atoms with Crippen LogP contribution in [0, 0.1) is 11.6 Å². The minimum atomic E-state index is -1.21. The highest BCUT2D eigenvalue weighted by Gasteiger charge is 2.38. The van der Waals surface area contributed by atoms with Crippen molar-refractivity contribution in [1.82, 2.24) is 5.32 Å². The molecule has 0 radical (unpaired) electrons. The molecule has 7 nitrogen and oxygen atoms in total. The van der Waals surface area contributed by atoms with Gasteiger partial charge in [-0.25, -0.2) is 23.2 Å². The number of rotatable bonds is 5. The molecule has 0 aliphatic carbocycles. The average molecular weight is 416 g/mol. The first-order valence-corrected chi connectivity index (χ1v) is 9.01. The maximum Gasteiger partial charge on any atom is 0.338 e. The Bertz CT molecular complexity index is 1070. The Hall–Kier alpha value is -3.75. The summed E-state index contributed by atoms with van der Waals surface area (Å²) in [5.41, 5.74) is 0.115. The summed E-state index contributed by atoms with van der Waals surface area (Å²) in [6.07, 6.45) is 0. The molecule has 30 heavy (non-hydrogen) atoms. The van der Waals surface area contributed by atoms with Gasteiger partial charge in [-0.05, 0) is 38.1 Å². The van der Waals surface area contributed by atoms with Crippen molar-refractivity contribution in [1.29, 1.82) is 0 Å². The molecule has 156 valence electrons. The number of nitrogens with one attached hydrogen (secondary N) is 1. The van der Waals surface area contributed by atoms with Crippen LogP contribution in [0.1, 0.15) is 35.8 Å². The Kier molecular flexibility index (Phi) is 5.81. The molecule has 0 bridgehead atoms. The lowest BCUT2D eigenvalue weighted by Gasteiger charge is -2.35. The summed E-state index contributed by atoms with van der Waals surface area (Å²) in [4.78, 5) is 37.9. The van der Waals surface area contributed by atoms with Crippen LogP contribution in [0.3, 0.4) is 0 Å². The fraction of sp³-hybridized carbons (Fsp3) is 0.190. The normalized spacial score (nSPS) is 16.3. The SMILES string of the molecule is CCOC(=O)C1=C(C)N(c2cccc(C(=O)O)c2)C(=O)N[C@@H]1c1ccc(F)cc1F. The van der Waals surface area contributed by atoms with Gasteiger partial charge in [0.2, 0.25) is 0 Å². The maximum atomic E-state index is 14.4. The van der Waals surface area contributed by atoms with Gasteiger partial charge in [0.15, 0.2) is 0 Å². The number of carboxylic acid groups (broad SMARTS) is 1. The summed E-state index contributed by atoms with van der Waals surface area (Å²) >= 11 is 0. The molecule has 9 heteroatoms. The number of allylic oxidation sites excluding steroid dienone is 1. The molecule has 1 aliphatic heterocycles. The van der Waals surface area contributed by atoms with Crippen LogP contribution in [-0.2, 0) is 9.53 Å². The molecule has 2 N–H and O–H groups in total. The van der Waals surface area contributed by atoms with Gasteiger partial charge >= 0.3 is 18.0 Å². The maximum absolute atomic E-state index is 14.4. The second-order valence-electron chi connectivity index (χ2n) is 6.46. The molecule has 3 rings (SSSR count). The van der Waals surface area contributed by atoms with E-state index in [-0.39, 0.29) is 34.7 Å². The van der Waals surface area contributed by atoms with Crippen molar-refractivity contribution in [2.24, 2.45) is 0 Å². The highest BCUT2D eigenvalue weighted by molar-refractivity contribution is 6.03. The van der Waals surface area contributed by atoms with E-state index in [0.717, 1.165) is 17.0 Å². The molecule has 1 atom stereocenters. The highest BCUT2D eigenvalue weighted by Crippen LogP contribution is 2.35. The number of ether oxygens (including phenoxy) is 1. The summed E-state index contributed by atoms with van der Waals surface area (Å²) in [5.74, 6) is -3.71. The third kappa shape index (κ3) is 3.86. The first-order valence-electron chi connectivity index (χ1n) is 9.01. The van der Waals surface area contributed by atoms with Crippen LogP contribution in [-0.4, -0.2) is 29.7 Å². The van der Waals surface area contributed by atoms with Gasteiger partial charge in [0, 0.05) is 17.3 Å². The van der Waals surface area contributed by atoms with Gasteiger partial charge in [0.25, 0.3) is 0 Å². The summed E-state index contributed by atoms with van der Waals surface area (Å²) in [6, 6.07) is 6.47. The van der Waals surface area contributed by atoms with Crippen molar-refractivity contribution in [3.8, 4) is 0 Å². The van der Waals surface area contributed by atoms with E-state index in [2.05, 4.69) is 5.32 Å². The van der Waals surface area contributed by atoms with Crippen LogP contribution in [0.25, 0.3) is 0 Å². The second-order valence-corrected chi connectivity index (χ2v) is 6.46. The smallest absolute Gasteiger partial charge is 0.338 e. The standard InChI is InChI=1S/C21H18F2N2O5/c1-3-30-20(28)17-11(2)25(14-6-4-5-12(9-14)19(26)27)21(29)24-18(17)15-8-7-13(22)10-16(15)23/h4-10,18H,3H2,1-2H3,(H,24,29)(H,26,27)/t18-/m1/s1. The Morgan fingerprint density at radius 3 is 2.57 bits per heavy atom. The number of carbonyl (C=O) groups is 3. The average Bonchev–Trinajstić information content (AvgIpc) is 2.68. The van der Waals surface area contributed by atoms with E-state index < -0.39 is 35.6 Å². The van der Waals surface area contributed by atoms with Crippen LogP contribution in [0.4, 0.5) is 19.3 Å². The first kappa shape index (κ1) is 21.0. The molecular weight excluding hydrogens is 398 g/mol. The highest BCUT2D eigenvalue weighted by atomic mass is 19.1. The van der Waals surface area contributed by atoms with Crippen molar-refractivity contribution < 1.29 is 33.0 Å². The van der Waals surface area contributed by atoms with Crippen molar-refractivity contribution >= 4 is 23.7 Å². The van der Waals surface area contributed by atoms with Gasteiger partial charge in [-0.2, -0.15) is 0 Å². The van der Waals surface area contributed by atoms with Gasteiger partial charge in [-0.15, -0.1) is 0 Å². The molecule has 0 saturated carbocycles. The molecule has 1 heterocycles. The molecule has 0 saturated heterocycles. The van der Waals surface area contributed by atoms with Crippen LogP contribution >= 0.6 is 0 Å². The molecule has 0 aromatic heterocycles. The number of hydrogen-bond acceptors (Lipinski definition) is 4. The van der Waals surface area contributed by atoms with Gasteiger partial charge in [-0.3, -0.25) is 4.90 Å². The van der Waals surface area contributed by atoms with Crippen LogP contribution in [0.2, 0.25) is 0 Å². The van der Waals surface area contributed by atoms with E-state index in [9.17, 15) is 28.3 Å². The number of hydrogen-bond donors (Lipinski definition) is 2. The summed E-state index contributed by atoms with van der Waals surface area (Å²) < 4.78 is 32.9. The molecule has 2 amide bonds.